The highest BCUT2D eigenvalue weighted by atomic mass is 32.1. The normalized spacial score (nSPS) is 10.7. The monoisotopic (exact) mass is 408 g/mol. The van der Waals surface area contributed by atoms with Gasteiger partial charge in [-0.05, 0) is 63.1 Å². The summed E-state index contributed by atoms with van der Waals surface area (Å²) in [6, 6.07) is 11.5. The molecule has 29 heavy (non-hydrogen) atoms. The number of aryl methyl sites for hydroxylation is 4. The summed E-state index contributed by atoms with van der Waals surface area (Å²) >= 11 is 1.35. The predicted octanol–water partition coefficient (Wildman–Crippen LogP) is 5.42. The second kappa shape index (κ2) is 8.57. The van der Waals surface area contributed by atoms with Gasteiger partial charge in [-0.1, -0.05) is 23.3 Å². The highest BCUT2D eigenvalue weighted by molar-refractivity contribution is 7.14. The van der Waals surface area contributed by atoms with Crippen LogP contribution < -0.4 is 4.90 Å². The smallest absolute Gasteiger partial charge is 0.338 e. The molecular formula is C23H24N2O3S. The standard InChI is InChI=1S/C23H24N2O3S/c1-14-8-15(2)10-19(9-14)22(27)28-12-20-13-29-23(24-20)25(18(5)26)21-7-6-16(3)17(4)11-21/h6-11,13H,12H2,1-5H3. The quantitative estimate of drug-likeness (QED) is 0.529. The number of amides is 1. The van der Waals surface area contributed by atoms with Gasteiger partial charge in [0, 0.05) is 12.3 Å². The number of thiazole rings is 1. The average molecular weight is 409 g/mol. The molecule has 3 aromatic rings. The van der Waals surface area contributed by atoms with Crippen molar-refractivity contribution in [3.8, 4) is 0 Å². The van der Waals surface area contributed by atoms with E-state index in [1.165, 1.54) is 18.3 Å². The Kier molecular flexibility index (Phi) is 6.13. The van der Waals surface area contributed by atoms with E-state index >= 15 is 0 Å². The van der Waals surface area contributed by atoms with Gasteiger partial charge in [0.05, 0.1) is 16.9 Å². The van der Waals surface area contributed by atoms with E-state index in [0.717, 1.165) is 27.9 Å². The zero-order chi connectivity index (χ0) is 21.1. The van der Waals surface area contributed by atoms with Gasteiger partial charge in [-0.15, -0.1) is 11.3 Å². The number of benzene rings is 2. The van der Waals surface area contributed by atoms with Crippen LogP contribution in [0.4, 0.5) is 10.8 Å². The maximum absolute atomic E-state index is 12.4. The Morgan fingerprint density at radius 1 is 1.00 bits per heavy atom. The second-order valence-electron chi connectivity index (χ2n) is 7.20. The zero-order valence-corrected chi connectivity index (χ0v) is 18.1. The summed E-state index contributed by atoms with van der Waals surface area (Å²) in [5, 5.41) is 2.36. The summed E-state index contributed by atoms with van der Waals surface area (Å²) in [6.07, 6.45) is 0. The van der Waals surface area contributed by atoms with Crippen molar-refractivity contribution < 1.29 is 14.3 Å². The van der Waals surface area contributed by atoms with Crippen LogP contribution in [-0.2, 0) is 16.1 Å². The minimum Gasteiger partial charge on any atom is -0.456 e. The van der Waals surface area contributed by atoms with E-state index in [1.807, 2.05) is 52.0 Å². The van der Waals surface area contributed by atoms with Crippen molar-refractivity contribution in [3.63, 3.8) is 0 Å². The first-order valence-corrected chi connectivity index (χ1v) is 10.2. The molecule has 150 valence electrons. The molecule has 0 N–H and O–H groups in total. The molecule has 0 aliphatic heterocycles. The van der Waals surface area contributed by atoms with Gasteiger partial charge in [0.2, 0.25) is 5.91 Å². The molecule has 0 aliphatic rings. The van der Waals surface area contributed by atoms with E-state index < -0.39 is 0 Å². The predicted molar refractivity (Wildman–Crippen MR) is 116 cm³/mol. The number of ether oxygens (including phenoxy) is 1. The van der Waals surface area contributed by atoms with E-state index in [2.05, 4.69) is 4.98 Å². The Morgan fingerprint density at radius 2 is 1.69 bits per heavy atom. The van der Waals surface area contributed by atoms with Crippen molar-refractivity contribution in [3.05, 3.63) is 75.3 Å². The number of esters is 1. The first kappa shape index (κ1) is 20.7. The molecular weight excluding hydrogens is 384 g/mol. The number of rotatable bonds is 5. The van der Waals surface area contributed by atoms with Gasteiger partial charge in [-0.25, -0.2) is 9.78 Å². The lowest BCUT2D eigenvalue weighted by Gasteiger charge is -2.19. The lowest BCUT2D eigenvalue weighted by molar-refractivity contribution is -0.115. The van der Waals surface area contributed by atoms with Crippen LogP contribution in [0.3, 0.4) is 0 Å². The molecule has 0 unspecified atom stereocenters. The van der Waals surface area contributed by atoms with Crippen LogP contribution in [0.2, 0.25) is 0 Å². The number of aromatic nitrogens is 1. The van der Waals surface area contributed by atoms with Crippen LogP contribution in [0, 0.1) is 27.7 Å². The number of anilines is 2. The van der Waals surface area contributed by atoms with Gasteiger partial charge in [0.1, 0.15) is 6.61 Å². The molecule has 5 nitrogen and oxygen atoms in total. The van der Waals surface area contributed by atoms with Crippen LogP contribution in [0.25, 0.3) is 0 Å². The SMILES string of the molecule is CC(=O)N(c1ccc(C)c(C)c1)c1nc(COC(=O)c2cc(C)cc(C)c2)cs1. The summed E-state index contributed by atoms with van der Waals surface area (Å²) in [4.78, 5) is 30.7. The van der Waals surface area contributed by atoms with Gasteiger partial charge >= 0.3 is 5.97 Å². The third-order valence-electron chi connectivity index (χ3n) is 4.60. The van der Waals surface area contributed by atoms with Gasteiger partial charge in [0.15, 0.2) is 5.13 Å². The van der Waals surface area contributed by atoms with Crippen molar-refractivity contribution >= 4 is 34.0 Å². The minimum absolute atomic E-state index is 0.0565. The molecule has 0 spiro atoms. The highest BCUT2D eigenvalue weighted by Gasteiger charge is 2.19. The van der Waals surface area contributed by atoms with E-state index in [4.69, 9.17) is 4.74 Å². The lowest BCUT2D eigenvalue weighted by atomic mass is 10.1. The second-order valence-corrected chi connectivity index (χ2v) is 8.03. The van der Waals surface area contributed by atoms with Crippen LogP contribution in [0.5, 0.6) is 0 Å². The van der Waals surface area contributed by atoms with E-state index in [1.54, 1.807) is 22.4 Å². The van der Waals surface area contributed by atoms with E-state index in [0.29, 0.717) is 16.4 Å². The zero-order valence-electron chi connectivity index (χ0n) is 17.3. The Bertz CT molecular complexity index is 1050. The fourth-order valence-electron chi connectivity index (χ4n) is 3.07. The summed E-state index contributed by atoms with van der Waals surface area (Å²) in [5.41, 5.74) is 6.20. The Morgan fingerprint density at radius 3 is 2.31 bits per heavy atom. The van der Waals surface area contributed by atoms with Crippen LogP contribution >= 0.6 is 11.3 Å². The van der Waals surface area contributed by atoms with E-state index in [9.17, 15) is 9.59 Å². The van der Waals surface area contributed by atoms with E-state index in [-0.39, 0.29) is 18.5 Å². The number of nitrogens with zero attached hydrogens (tertiary/aromatic N) is 2. The maximum Gasteiger partial charge on any atom is 0.338 e. The molecule has 1 heterocycles. The topological polar surface area (TPSA) is 59.5 Å². The molecule has 0 atom stereocenters. The van der Waals surface area contributed by atoms with Crippen molar-refractivity contribution in [1.82, 2.24) is 4.98 Å². The van der Waals surface area contributed by atoms with Gasteiger partial charge in [-0.2, -0.15) is 0 Å². The number of carbonyl (C=O) groups is 2. The molecule has 3 rings (SSSR count). The summed E-state index contributed by atoms with van der Waals surface area (Å²) in [5.74, 6) is -0.509. The fourth-order valence-corrected chi connectivity index (χ4v) is 3.94. The Balaban J connectivity index is 1.75. The molecule has 0 bridgehead atoms. The largest absolute Gasteiger partial charge is 0.456 e. The first-order chi connectivity index (χ1) is 13.7. The molecule has 0 fully saturated rings. The van der Waals surface area contributed by atoms with Crippen LogP contribution in [0.15, 0.2) is 41.8 Å². The van der Waals surface area contributed by atoms with Crippen LogP contribution in [-0.4, -0.2) is 16.9 Å². The molecule has 0 aliphatic carbocycles. The van der Waals surface area contributed by atoms with Gasteiger partial charge in [0.25, 0.3) is 0 Å². The maximum atomic E-state index is 12.4. The van der Waals surface area contributed by atoms with Crippen molar-refractivity contribution in [2.24, 2.45) is 0 Å². The first-order valence-electron chi connectivity index (χ1n) is 9.32. The Labute approximate surface area is 175 Å². The van der Waals surface area contributed by atoms with Crippen molar-refractivity contribution in [2.45, 2.75) is 41.2 Å². The Hall–Kier alpha value is -2.99. The van der Waals surface area contributed by atoms with Gasteiger partial charge in [-0.3, -0.25) is 9.69 Å². The van der Waals surface area contributed by atoms with Crippen molar-refractivity contribution in [2.75, 3.05) is 4.90 Å². The molecule has 0 radical (unpaired) electrons. The summed E-state index contributed by atoms with van der Waals surface area (Å²) in [6.45, 7) is 9.50. The third kappa shape index (κ3) is 4.90. The molecule has 2 aromatic carbocycles. The minimum atomic E-state index is -0.385. The molecule has 1 amide bonds. The summed E-state index contributed by atoms with van der Waals surface area (Å²) < 4.78 is 5.42. The summed E-state index contributed by atoms with van der Waals surface area (Å²) in [7, 11) is 0. The van der Waals surface area contributed by atoms with Crippen molar-refractivity contribution in [1.29, 1.82) is 0 Å². The lowest BCUT2D eigenvalue weighted by Crippen LogP contribution is -2.22. The number of hydrogen-bond acceptors (Lipinski definition) is 5. The molecule has 0 saturated heterocycles. The average Bonchev–Trinajstić information content (AvgIpc) is 3.10. The number of hydrogen-bond donors (Lipinski definition) is 0. The number of carbonyl (C=O) groups excluding carboxylic acids is 2. The third-order valence-corrected chi connectivity index (χ3v) is 5.48. The van der Waals surface area contributed by atoms with Crippen LogP contribution in [0.1, 0.15) is 45.2 Å². The molecule has 1 aromatic heterocycles. The highest BCUT2D eigenvalue weighted by Crippen LogP contribution is 2.30. The molecule has 6 heteroatoms. The molecule has 0 saturated carbocycles. The fraction of sp³-hybridized carbons (Fsp3) is 0.261. The van der Waals surface area contributed by atoms with Gasteiger partial charge < -0.3 is 4.74 Å².